The van der Waals surface area contributed by atoms with Crippen LogP contribution in [0.2, 0.25) is 0 Å². The predicted molar refractivity (Wildman–Crippen MR) is 91.7 cm³/mol. The van der Waals surface area contributed by atoms with Gasteiger partial charge < -0.3 is 5.32 Å². The molecule has 21 heavy (non-hydrogen) atoms. The van der Waals surface area contributed by atoms with E-state index in [4.69, 9.17) is 0 Å². The Morgan fingerprint density at radius 1 is 1.43 bits per heavy atom. The zero-order chi connectivity index (χ0) is 15.2. The van der Waals surface area contributed by atoms with Gasteiger partial charge in [-0.1, -0.05) is 18.7 Å². The molecule has 1 aromatic heterocycles. The van der Waals surface area contributed by atoms with E-state index in [2.05, 4.69) is 38.1 Å². The van der Waals surface area contributed by atoms with Crippen molar-refractivity contribution in [3.63, 3.8) is 0 Å². The highest BCUT2D eigenvalue weighted by Crippen LogP contribution is 2.15. The summed E-state index contributed by atoms with van der Waals surface area (Å²) in [6.07, 6.45) is 0.835. The maximum atomic E-state index is 11.9. The van der Waals surface area contributed by atoms with Crippen molar-refractivity contribution in [1.29, 1.82) is 0 Å². The van der Waals surface area contributed by atoms with Crippen molar-refractivity contribution >= 4 is 45.9 Å². The molecule has 1 amide bonds. The van der Waals surface area contributed by atoms with Gasteiger partial charge in [0.25, 0.3) is 0 Å². The molecule has 0 aliphatic heterocycles. The number of H-pyrrole nitrogens is 1. The lowest BCUT2D eigenvalue weighted by Crippen LogP contribution is -2.18. The van der Waals surface area contributed by atoms with Crippen LogP contribution in [0.4, 0.5) is 5.69 Å². The molecule has 2 aromatic rings. The molecule has 0 spiro atoms. The van der Waals surface area contributed by atoms with Crippen LogP contribution in [-0.4, -0.2) is 26.4 Å². The van der Waals surface area contributed by atoms with E-state index in [9.17, 15) is 9.59 Å². The lowest BCUT2D eigenvalue weighted by molar-refractivity contribution is -0.113. The van der Waals surface area contributed by atoms with Crippen LogP contribution in [0, 0.1) is 3.57 Å². The molecule has 8 heteroatoms. The average Bonchev–Trinajstić information content (AvgIpc) is 2.81. The van der Waals surface area contributed by atoms with E-state index < -0.39 is 0 Å². The van der Waals surface area contributed by atoms with Gasteiger partial charge in [-0.2, -0.15) is 0 Å². The standard InChI is InChI=1S/C13H15IN4O2S/c1-2-7-18-12(20)16-17-13(18)21-8-11(19)15-10-5-3-9(14)4-6-10/h3-6H,2,7-8H2,1H3,(H,15,19)(H,16,20). The molecule has 0 bridgehead atoms. The number of anilines is 1. The molecule has 0 saturated carbocycles. The summed E-state index contributed by atoms with van der Waals surface area (Å²) in [6, 6.07) is 7.56. The summed E-state index contributed by atoms with van der Waals surface area (Å²) in [5.41, 5.74) is 0.520. The van der Waals surface area contributed by atoms with Gasteiger partial charge in [-0.25, -0.2) is 9.89 Å². The fourth-order valence-corrected chi connectivity index (χ4v) is 2.83. The first-order valence-corrected chi connectivity index (χ1v) is 8.50. The summed E-state index contributed by atoms with van der Waals surface area (Å²) in [5.74, 6) is 0.0831. The Bertz CT molecular complexity index is 666. The molecule has 0 unspecified atom stereocenters. The van der Waals surface area contributed by atoms with E-state index in [0.717, 1.165) is 15.7 Å². The molecule has 112 valence electrons. The lowest BCUT2D eigenvalue weighted by Gasteiger charge is -2.05. The number of rotatable bonds is 6. The number of halogens is 1. The van der Waals surface area contributed by atoms with Crippen LogP contribution < -0.4 is 11.0 Å². The third kappa shape index (κ3) is 4.60. The molecule has 0 aliphatic rings. The SMILES string of the molecule is CCCn1c(SCC(=O)Nc2ccc(I)cc2)n[nH]c1=O. The molecule has 1 heterocycles. The Morgan fingerprint density at radius 3 is 2.81 bits per heavy atom. The van der Waals surface area contributed by atoms with Crippen molar-refractivity contribution in [3.8, 4) is 0 Å². The topological polar surface area (TPSA) is 79.8 Å². The predicted octanol–water partition coefficient (Wildman–Crippen LogP) is 2.32. The summed E-state index contributed by atoms with van der Waals surface area (Å²) in [6.45, 7) is 2.58. The number of aromatic amines is 1. The van der Waals surface area contributed by atoms with Crippen LogP contribution in [0.1, 0.15) is 13.3 Å². The second-order valence-electron chi connectivity index (χ2n) is 4.31. The minimum atomic E-state index is -0.239. The van der Waals surface area contributed by atoms with Crippen LogP contribution >= 0.6 is 34.4 Å². The number of hydrogen-bond donors (Lipinski definition) is 2. The van der Waals surface area contributed by atoms with Gasteiger partial charge in [0, 0.05) is 15.8 Å². The highest BCUT2D eigenvalue weighted by atomic mass is 127. The molecule has 0 fully saturated rings. The molecule has 0 radical (unpaired) electrons. The Balaban J connectivity index is 1.92. The van der Waals surface area contributed by atoms with Crippen molar-refractivity contribution < 1.29 is 4.79 Å². The normalized spacial score (nSPS) is 10.6. The fraction of sp³-hybridized carbons (Fsp3) is 0.308. The summed E-state index contributed by atoms with van der Waals surface area (Å²) < 4.78 is 2.66. The summed E-state index contributed by atoms with van der Waals surface area (Å²) >= 11 is 3.45. The Labute approximate surface area is 139 Å². The quantitative estimate of drug-likeness (QED) is 0.558. The van der Waals surface area contributed by atoms with Crippen LogP contribution in [0.3, 0.4) is 0 Å². The highest BCUT2D eigenvalue weighted by Gasteiger charge is 2.10. The number of benzene rings is 1. The average molecular weight is 418 g/mol. The number of nitrogens with zero attached hydrogens (tertiary/aromatic N) is 2. The van der Waals surface area contributed by atoms with Gasteiger partial charge in [0.15, 0.2) is 5.16 Å². The number of amides is 1. The zero-order valence-corrected chi connectivity index (χ0v) is 14.4. The first-order valence-electron chi connectivity index (χ1n) is 6.43. The van der Waals surface area contributed by atoms with Crippen molar-refractivity contribution in [2.24, 2.45) is 0 Å². The second-order valence-corrected chi connectivity index (χ2v) is 6.49. The maximum Gasteiger partial charge on any atom is 0.343 e. The van der Waals surface area contributed by atoms with E-state index in [0.29, 0.717) is 11.7 Å². The van der Waals surface area contributed by atoms with Crippen molar-refractivity contribution in [2.45, 2.75) is 25.0 Å². The largest absolute Gasteiger partial charge is 0.343 e. The van der Waals surface area contributed by atoms with Gasteiger partial charge >= 0.3 is 5.69 Å². The van der Waals surface area contributed by atoms with E-state index in [1.54, 1.807) is 4.57 Å². The van der Waals surface area contributed by atoms with Gasteiger partial charge in [0.05, 0.1) is 5.75 Å². The van der Waals surface area contributed by atoms with E-state index in [-0.39, 0.29) is 17.3 Å². The van der Waals surface area contributed by atoms with E-state index >= 15 is 0 Å². The summed E-state index contributed by atoms with van der Waals surface area (Å²) in [5, 5.41) is 9.69. The fourth-order valence-electron chi connectivity index (χ4n) is 1.69. The van der Waals surface area contributed by atoms with Gasteiger partial charge in [-0.3, -0.25) is 9.36 Å². The van der Waals surface area contributed by atoms with Crippen LogP contribution in [0.5, 0.6) is 0 Å². The van der Waals surface area contributed by atoms with Crippen LogP contribution in [-0.2, 0) is 11.3 Å². The Kier molecular flexibility index (Phi) is 5.85. The van der Waals surface area contributed by atoms with Gasteiger partial charge in [0.2, 0.25) is 5.91 Å². The number of carbonyl (C=O) groups is 1. The third-order valence-corrected chi connectivity index (χ3v) is 4.33. The maximum absolute atomic E-state index is 11.9. The lowest BCUT2D eigenvalue weighted by atomic mass is 10.3. The minimum absolute atomic E-state index is 0.125. The van der Waals surface area contributed by atoms with Crippen molar-refractivity contribution in [1.82, 2.24) is 14.8 Å². The Morgan fingerprint density at radius 2 is 2.14 bits per heavy atom. The highest BCUT2D eigenvalue weighted by molar-refractivity contribution is 14.1. The second kappa shape index (κ2) is 7.64. The zero-order valence-electron chi connectivity index (χ0n) is 11.4. The Hall–Kier alpha value is -1.29. The third-order valence-electron chi connectivity index (χ3n) is 2.63. The minimum Gasteiger partial charge on any atom is -0.325 e. The van der Waals surface area contributed by atoms with E-state index in [1.807, 2.05) is 31.2 Å². The van der Waals surface area contributed by atoms with Gasteiger partial charge in [-0.15, -0.1) is 5.10 Å². The molecule has 2 N–H and O–H groups in total. The summed E-state index contributed by atoms with van der Waals surface area (Å²) in [7, 11) is 0. The number of aromatic nitrogens is 3. The van der Waals surface area contributed by atoms with Gasteiger partial charge in [-0.05, 0) is 53.3 Å². The molecule has 0 aliphatic carbocycles. The number of nitrogens with one attached hydrogen (secondary N) is 2. The van der Waals surface area contributed by atoms with E-state index in [1.165, 1.54) is 11.8 Å². The molecule has 0 saturated heterocycles. The molecular formula is C13H15IN4O2S. The number of hydrogen-bond acceptors (Lipinski definition) is 4. The monoisotopic (exact) mass is 418 g/mol. The first kappa shape index (κ1) is 16.1. The smallest absolute Gasteiger partial charge is 0.325 e. The first-order chi connectivity index (χ1) is 10.1. The van der Waals surface area contributed by atoms with Crippen molar-refractivity contribution in [2.75, 3.05) is 11.1 Å². The molecule has 1 aromatic carbocycles. The molecule has 0 atom stereocenters. The molecule has 2 rings (SSSR count). The van der Waals surface area contributed by atoms with Crippen molar-refractivity contribution in [3.05, 3.63) is 38.3 Å². The van der Waals surface area contributed by atoms with Gasteiger partial charge in [0.1, 0.15) is 0 Å². The van der Waals surface area contributed by atoms with Crippen LogP contribution in [0.25, 0.3) is 0 Å². The summed E-state index contributed by atoms with van der Waals surface area (Å²) in [4.78, 5) is 23.4. The molecular weight excluding hydrogens is 403 g/mol. The molecule has 6 nitrogen and oxygen atoms in total. The number of carbonyl (C=O) groups excluding carboxylic acids is 1. The van der Waals surface area contributed by atoms with Crippen LogP contribution in [0.15, 0.2) is 34.2 Å². The number of thioether (sulfide) groups is 1.